The van der Waals surface area contributed by atoms with Gasteiger partial charge in [-0.3, -0.25) is 0 Å². The number of rotatable bonds is 4. The molecule has 1 heterocycles. The summed E-state index contributed by atoms with van der Waals surface area (Å²) in [5.41, 5.74) is 1.46. The number of aliphatic hydroxyl groups is 1. The fourth-order valence-corrected chi connectivity index (χ4v) is 2.73. The third kappa shape index (κ3) is 5.43. The first kappa shape index (κ1) is 17.6. The largest absolute Gasteiger partial charge is 0.444 e. The number of amides is 1. The van der Waals surface area contributed by atoms with Gasteiger partial charge in [0.1, 0.15) is 5.60 Å². The molecular formula is C18H28N2O3. The molecule has 1 aromatic carbocycles. The Morgan fingerprint density at radius 3 is 2.57 bits per heavy atom. The first-order valence-electron chi connectivity index (χ1n) is 8.29. The zero-order valence-corrected chi connectivity index (χ0v) is 14.3. The maximum atomic E-state index is 12.0. The first-order valence-corrected chi connectivity index (χ1v) is 8.29. The van der Waals surface area contributed by atoms with E-state index in [9.17, 15) is 9.90 Å². The minimum absolute atomic E-state index is 0.0419. The maximum absolute atomic E-state index is 12.0. The van der Waals surface area contributed by atoms with Gasteiger partial charge in [0.15, 0.2) is 0 Å². The number of carbonyl (C=O) groups excluding carboxylic acids is 1. The van der Waals surface area contributed by atoms with Gasteiger partial charge in [-0.15, -0.1) is 0 Å². The molecule has 0 atom stereocenters. The molecule has 0 saturated carbocycles. The predicted octanol–water partition coefficient (Wildman–Crippen LogP) is 3.24. The molecule has 1 amide bonds. The third-order valence-electron chi connectivity index (χ3n) is 4.04. The normalized spacial score (nSPS) is 16.3. The number of benzene rings is 1. The number of nitrogens with zero attached hydrogens (tertiary/aromatic N) is 1. The minimum Gasteiger partial charge on any atom is -0.444 e. The van der Waals surface area contributed by atoms with Crippen LogP contribution in [0.2, 0.25) is 0 Å². The summed E-state index contributed by atoms with van der Waals surface area (Å²) in [6, 6.07) is 7.80. The predicted molar refractivity (Wildman–Crippen MR) is 91.4 cm³/mol. The van der Waals surface area contributed by atoms with E-state index in [0.29, 0.717) is 5.92 Å². The van der Waals surface area contributed by atoms with Crippen molar-refractivity contribution in [3.05, 3.63) is 29.8 Å². The fraction of sp³-hybridized carbons (Fsp3) is 0.611. The monoisotopic (exact) mass is 320 g/mol. The number of hydrogen-bond donors (Lipinski definition) is 2. The summed E-state index contributed by atoms with van der Waals surface area (Å²) in [6.07, 6.45) is 1.72. The molecule has 2 rings (SSSR count). The molecule has 0 unspecified atom stereocenters. The lowest BCUT2D eigenvalue weighted by molar-refractivity contribution is 0.0188. The second-order valence-electron chi connectivity index (χ2n) is 7.11. The molecule has 1 fully saturated rings. The quantitative estimate of drug-likeness (QED) is 0.894. The Kier molecular flexibility index (Phi) is 5.88. The molecule has 23 heavy (non-hydrogen) atoms. The number of hydrogen-bond acceptors (Lipinski definition) is 4. The Labute approximate surface area is 138 Å². The highest BCUT2D eigenvalue weighted by atomic mass is 16.6. The van der Waals surface area contributed by atoms with Gasteiger partial charge in [0.25, 0.3) is 0 Å². The maximum Gasteiger partial charge on any atom is 0.410 e. The molecular weight excluding hydrogens is 292 g/mol. The molecule has 0 aliphatic carbocycles. The van der Waals surface area contributed by atoms with Crippen molar-refractivity contribution in [2.24, 2.45) is 5.92 Å². The highest BCUT2D eigenvalue weighted by Gasteiger charge is 2.26. The molecule has 0 radical (unpaired) electrons. The summed E-state index contributed by atoms with van der Waals surface area (Å²) in [5, 5.41) is 12.8. The van der Waals surface area contributed by atoms with Crippen LogP contribution in [0.1, 0.15) is 39.2 Å². The van der Waals surface area contributed by atoms with Crippen molar-refractivity contribution in [2.45, 2.75) is 45.8 Å². The van der Waals surface area contributed by atoms with E-state index in [1.54, 1.807) is 4.90 Å². The molecule has 1 aromatic rings. The average Bonchev–Trinajstić information content (AvgIpc) is 2.52. The number of nitrogens with one attached hydrogen (secondary N) is 1. The Bertz CT molecular complexity index is 517. The van der Waals surface area contributed by atoms with Crippen LogP contribution in [0.25, 0.3) is 0 Å². The highest BCUT2D eigenvalue weighted by molar-refractivity contribution is 5.68. The smallest absolute Gasteiger partial charge is 0.410 e. The van der Waals surface area contributed by atoms with Crippen molar-refractivity contribution in [1.29, 1.82) is 0 Å². The molecule has 2 N–H and O–H groups in total. The van der Waals surface area contributed by atoms with E-state index in [4.69, 9.17) is 4.74 Å². The van der Waals surface area contributed by atoms with Gasteiger partial charge in [-0.1, -0.05) is 18.2 Å². The van der Waals surface area contributed by atoms with Gasteiger partial charge in [-0.05, 0) is 45.6 Å². The molecule has 5 nitrogen and oxygen atoms in total. The van der Waals surface area contributed by atoms with Crippen LogP contribution in [0.15, 0.2) is 24.3 Å². The van der Waals surface area contributed by atoms with E-state index in [0.717, 1.165) is 43.7 Å². The summed E-state index contributed by atoms with van der Waals surface area (Å²) in [6.45, 7) is 8.05. The second kappa shape index (κ2) is 7.68. The number of ether oxygens (including phenoxy) is 1. The topological polar surface area (TPSA) is 61.8 Å². The van der Waals surface area contributed by atoms with Crippen LogP contribution in [0.3, 0.4) is 0 Å². The van der Waals surface area contributed by atoms with Crippen LogP contribution in [0, 0.1) is 5.92 Å². The van der Waals surface area contributed by atoms with Crippen molar-refractivity contribution < 1.29 is 14.6 Å². The van der Waals surface area contributed by atoms with Crippen molar-refractivity contribution in [3.8, 4) is 0 Å². The molecule has 128 valence electrons. The fourth-order valence-electron chi connectivity index (χ4n) is 2.73. The Hall–Kier alpha value is -1.75. The van der Waals surface area contributed by atoms with Gasteiger partial charge in [0, 0.05) is 30.9 Å². The molecule has 1 aliphatic rings. The summed E-state index contributed by atoms with van der Waals surface area (Å²) in [4.78, 5) is 13.8. The van der Waals surface area contributed by atoms with Crippen molar-refractivity contribution in [3.63, 3.8) is 0 Å². The van der Waals surface area contributed by atoms with Crippen molar-refractivity contribution in [2.75, 3.05) is 25.0 Å². The molecule has 0 bridgehead atoms. The SMILES string of the molecule is CC(C)(C)OC(=O)N1CCC(CNc2ccccc2CO)CC1. The summed E-state index contributed by atoms with van der Waals surface area (Å²) in [5.74, 6) is 0.528. The van der Waals surface area contributed by atoms with Gasteiger partial charge >= 0.3 is 6.09 Å². The Morgan fingerprint density at radius 1 is 1.30 bits per heavy atom. The van der Waals surface area contributed by atoms with Gasteiger partial charge in [-0.25, -0.2) is 4.79 Å². The van der Waals surface area contributed by atoms with Crippen LogP contribution >= 0.6 is 0 Å². The third-order valence-corrected chi connectivity index (χ3v) is 4.04. The lowest BCUT2D eigenvalue weighted by Gasteiger charge is -2.33. The molecule has 5 heteroatoms. The van der Waals surface area contributed by atoms with Gasteiger partial charge < -0.3 is 20.1 Å². The van der Waals surface area contributed by atoms with Crippen LogP contribution in [0.5, 0.6) is 0 Å². The van der Waals surface area contributed by atoms with Crippen molar-refractivity contribution in [1.82, 2.24) is 4.90 Å². The number of likely N-dealkylation sites (tertiary alicyclic amines) is 1. The number of piperidine rings is 1. The van der Waals surface area contributed by atoms with Gasteiger partial charge in [0.05, 0.1) is 6.61 Å². The van der Waals surface area contributed by atoms with Crippen LogP contribution in [0.4, 0.5) is 10.5 Å². The Balaban J connectivity index is 1.78. The van der Waals surface area contributed by atoms with Crippen LogP contribution in [-0.2, 0) is 11.3 Å². The summed E-state index contributed by atoms with van der Waals surface area (Å²) < 4.78 is 5.42. The zero-order valence-electron chi connectivity index (χ0n) is 14.3. The van der Waals surface area contributed by atoms with E-state index in [-0.39, 0.29) is 12.7 Å². The molecule has 0 spiro atoms. The minimum atomic E-state index is -0.441. The first-order chi connectivity index (χ1) is 10.9. The number of para-hydroxylation sites is 1. The molecule has 1 saturated heterocycles. The lowest BCUT2D eigenvalue weighted by Crippen LogP contribution is -2.42. The Morgan fingerprint density at radius 2 is 1.96 bits per heavy atom. The van der Waals surface area contributed by atoms with Gasteiger partial charge in [-0.2, -0.15) is 0 Å². The average molecular weight is 320 g/mol. The van der Waals surface area contributed by atoms with Crippen LogP contribution in [-0.4, -0.2) is 41.3 Å². The summed E-state index contributed by atoms with van der Waals surface area (Å²) >= 11 is 0. The van der Waals surface area contributed by atoms with E-state index in [1.165, 1.54) is 0 Å². The van der Waals surface area contributed by atoms with E-state index in [2.05, 4.69) is 5.32 Å². The second-order valence-corrected chi connectivity index (χ2v) is 7.11. The molecule has 0 aromatic heterocycles. The lowest BCUT2D eigenvalue weighted by atomic mass is 9.97. The zero-order chi connectivity index (χ0) is 16.9. The van der Waals surface area contributed by atoms with E-state index < -0.39 is 5.60 Å². The highest BCUT2D eigenvalue weighted by Crippen LogP contribution is 2.21. The van der Waals surface area contributed by atoms with Crippen molar-refractivity contribution >= 4 is 11.8 Å². The standard InChI is InChI=1S/C18H28N2O3/c1-18(2,3)23-17(22)20-10-8-14(9-11-20)12-19-16-7-5-4-6-15(16)13-21/h4-7,14,19,21H,8-13H2,1-3H3. The van der Waals surface area contributed by atoms with Gasteiger partial charge in [0.2, 0.25) is 0 Å². The molecule has 1 aliphatic heterocycles. The summed E-state index contributed by atoms with van der Waals surface area (Å²) in [7, 11) is 0. The van der Waals surface area contributed by atoms with Crippen LogP contribution < -0.4 is 5.32 Å². The number of aliphatic hydroxyl groups excluding tert-OH is 1. The number of anilines is 1. The van der Waals surface area contributed by atoms with E-state index >= 15 is 0 Å². The number of carbonyl (C=O) groups is 1. The van der Waals surface area contributed by atoms with E-state index in [1.807, 2.05) is 45.0 Å².